The fraction of sp³-hybridized carbons (Fsp3) is 0.0909. The number of rotatable bonds is 3. The fourth-order valence-electron chi connectivity index (χ4n) is 1.19. The second kappa shape index (κ2) is 5.22. The smallest absolute Gasteiger partial charge is 0.238 e. The van der Waals surface area contributed by atoms with Crippen LogP contribution in [0.3, 0.4) is 0 Å². The van der Waals surface area contributed by atoms with Crippen LogP contribution in [0.2, 0.25) is 0 Å². The molecule has 5 heteroatoms. The maximum Gasteiger partial charge on any atom is 0.238 e. The molecule has 1 heterocycles. The van der Waals surface area contributed by atoms with Crippen LogP contribution in [0, 0.1) is 3.57 Å². The van der Waals surface area contributed by atoms with Gasteiger partial charge < -0.3 is 10.5 Å². The molecule has 0 aliphatic rings. The molecule has 0 aliphatic carbocycles. The molecular formula is C11H10IN3O. The lowest BCUT2D eigenvalue weighted by Crippen LogP contribution is -2.01. The van der Waals surface area contributed by atoms with Gasteiger partial charge in [0.2, 0.25) is 5.88 Å². The lowest BCUT2D eigenvalue weighted by atomic mass is 10.3. The molecule has 0 unspecified atom stereocenters. The molecule has 0 saturated carbocycles. The molecule has 0 fully saturated rings. The Morgan fingerprint density at radius 3 is 2.94 bits per heavy atom. The van der Waals surface area contributed by atoms with Crippen molar-refractivity contribution in [3.8, 4) is 11.6 Å². The summed E-state index contributed by atoms with van der Waals surface area (Å²) in [6.45, 7) is 0.358. The van der Waals surface area contributed by atoms with Crippen LogP contribution in [0.25, 0.3) is 0 Å². The number of hydrogen-bond acceptors (Lipinski definition) is 4. The summed E-state index contributed by atoms with van der Waals surface area (Å²) < 4.78 is 6.68. The Morgan fingerprint density at radius 2 is 2.19 bits per heavy atom. The van der Waals surface area contributed by atoms with E-state index in [4.69, 9.17) is 10.5 Å². The number of halogens is 1. The van der Waals surface area contributed by atoms with E-state index in [0.29, 0.717) is 18.1 Å². The highest BCUT2D eigenvalue weighted by atomic mass is 127. The van der Waals surface area contributed by atoms with Crippen molar-refractivity contribution in [2.24, 2.45) is 5.73 Å². The SMILES string of the molecule is NCc1cncc(Oc2cccc(I)c2)n1. The van der Waals surface area contributed by atoms with Crippen molar-refractivity contribution in [3.05, 3.63) is 45.9 Å². The van der Waals surface area contributed by atoms with Crippen molar-refractivity contribution in [2.45, 2.75) is 6.54 Å². The quantitative estimate of drug-likeness (QED) is 0.879. The van der Waals surface area contributed by atoms with Crippen LogP contribution < -0.4 is 10.5 Å². The first-order chi connectivity index (χ1) is 7.78. The topological polar surface area (TPSA) is 61.0 Å². The number of benzene rings is 1. The van der Waals surface area contributed by atoms with Crippen molar-refractivity contribution in [2.75, 3.05) is 0 Å². The fourth-order valence-corrected chi connectivity index (χ4v) is 1.70. The van der Waals surface area contributed by atoms with E-state index in [-0.39, 0.29) is 0 Å². The van der Waals surface area contributed by atoms with E-state index in [0.717, 1.165) is 9.32 Å². The van der Waals surface area contributed by atoms with Gasteiger partial charge in [-0.05, 0) is 40.8 Å². The molecule has 0 saturated heterocycles. The summed E-state index contributed by atoms with van der Waals surface area (Å²) in [5, 5.41) is 0. The average molecular weight is 327 g/mol. The van der Waals surface area contributed by atoms with E-state index < -0.39 is 0 Å². The predicted octanol–water partition coefficient (Wildman–Crippen LogP) is 2.33. The Balaban J connectivity index is 2.20. The Bertz CT molecular complexity index is 490. The standard InChI is InChI=1S/C11H10IN3O/c12-8-2-1-3-10(4-8)16-11-7-14-6-9(5-13)15-11/h1-4,6-7H,5,13H2. The summed E-state index contributed by atoms with van der Waals surface area (Å²) in [5.74, 6) is 1.21. The van der Waals surface area contributed by atoms with Gasteiger partial charge in [-0.15, -0.1) is 0 Å². The minimum Gasteiger partial charge on any atom is -0.437 e. The van der Waals surface area contributed by atoms with Gasteiger partial charge in [-0.1, -0.05) is 6.07 Å². The number of hydrogen-bond donors (Lipinski definition) is 1. The highest BCUT2D eigenvalue weighted by Gasteiger charge is 2.00. The van der Waals surface area contributed by atoms with Crippen LogP contribution >= 0.6 is 22.6 Å². The summed E-state index contributed by atoms with van der Waals surface area (Å²) in [5.41, 5.74) is 6.19. The zero-order valence-electron chi connectivity index (χ0n) is 8.43. The average Bonchev–Trinajstić information content (AvgIpc) is 2.29. The molecule has 2 aromatic rings. The summed E-state index contributed by atoms with van der Waals surface area (Å²) in [7, 11) is 0. The van der Waals surface area contributed by atoms with Crippen LogP contribution in [0.5, 0.6) is 11.6 Å². The Hall–Kier alpha value is -1.21. The molecule has 0 bridgehead atoms. The predicted molar refractivity (Wildman–Crippen MR) is 69.2 cm³/mol. The lowest BCUT2D eigenvalue weighted by Gasteiger charge is -2.05. The number of aromatic nitrogens is 2. The molecule has 16 heavy (non-hydrogen) atoms. The van der Waals surface area contributed by atoms with Crippen molar-refractivity contribution < 1.29 is 4.74 Å². The van der Waals surface area contributed by atoms with Gasteiger partial charge in [0.15, 0.2) is 0 Å². The van der Waals surface area contributed by atoms with Gasteiger partial charge in [0, 0.05) is 16.3 Å². The van der Waals surface area contributed by atoms with Gasteiger partial charge in [0.25, 0.3) is 0 Å². The third-order valence-electron chi connectivity index (χ3n) is 1.89. The van der Waals surface area contributed by atoms with E-state index in [1.807, 2.05) is 24.3 Å². The van der Waals surface area contributed by atoms with Gasteiger partial charge in [-0.2, -0.15) is 0 Å². The van der Waals surface area contributed by atoms with Crippen LogP contribution in [0.15, 0.2) is 36.7 Å². The molecule has 2 N–H and O–H groups in total. The van der Waals surface area contributed by atoms with Crippen LogP contribution in [-0.4, -0.2) is 9.97 Å². The van der Waals surface area contributed by atoms with Gasteiger partial charge in [0.1, 0.15) is 5.75 Å². The normalized spacial score (nSPS) is 10.1. The maximum absolute atomic E-state index is 5.57. The van der Waals surface area contributed by atoms with E-state index >= 15 is 0 Å². The van der Waals surface area contributed by atoms with Crippen molar-refractivity contribution in [1.29, 1.82) is 0 Å². The van der Waals surface area contributed by atoms with Gasteiger partial charge >= 0.3 is 0 Å². The molecule has 0 amide bonds. The zero-order valence-corrected chi connectivity index (χ0v) is 10.6. The van der Waals surface area contributed by atoms with Crippen molar-refractivity contribution in [3.63, 3.8) is 0 Å². The molecule has 0 atom stereocenters. The minimum atomic E-state index is 0.358. The molecule has 0 radical (unpaired) electrons. The Morgan fingerprint density at radius 1 is 1.31 bits per heavy atom. The Labute approximate surface area is 107 Å². The number of nitrogens with zero attached hydrogens (tertiary/aromatic N) is 2. The second-order valence-electron chi connectivity index (χ2n) is 3.11. The lowest BCUT2D eigenvalue weighted by molar-refractivity contribution is 0.457. The monoisotopic (exact) mass is 327 g/mol. The summed E-state index contributed by atoms with van der Waals surface area (Å²) in [4.78, 5) is 8.21. The second-order valence-corrected chi connectivity index (χ2v) is 4.36. The van der Waals surface area contributed by atoms with Gasteiger partial charge in [-0.25, -0.2) is 4.98 Å². The van der Waals surface area contributed by atoms with Crippen LogP contribution in [-0.2, 0) is 6.54 Å². The van der Waals surface area contributed by atoms with Crippen molar-refractivity contribution in [1.82, 2.24) is 9.97 Å². The third kappa shape index (κ3) is 2.89. The molecule has 0 aliphatic heterocycles. The largest absolute Gasteiger partial charge is 0.437 e. The van der Waals surface area contributed by atoms with Crippen LogP contribution in [0.1, 0.15) is 5.69 Å². The highest BCUT2D eigenvalue weighted by molar-refractivity contribution is 14.1. The summed E-state index contributed by atoms with van der Waals surface area (Å²) in [6, 6.07) is 7.73. The first-order valence-corrected chi connectivity index (χ1v) is 5.80. The zero-order chi connectivity index (χ0) is 11.4. The first-order valence-electron chi connectivity index (χ1n) is 4.72. The van der Waals surface area contributed by atoms with Gasteiger partial charge in [0.05, 0.1) is 11.9 Å². The third-order valence-corrected chi connectivity index (χ3v) is 2.56. The minimum absolute atomic E-state index is 0.358. The van der Waals surface area contributed by atoms with E-state index in [1.165, 1.54) is 0 Å². The molecule has 82 valence electrons. The highest BCUT2D eigenvalue weighted by Crippen LogP contribution is 2.20. The van der Waals surface area contributed by atoms with Gasteiger partial charge in [-0.3, -0.25) is 4.98 Å². The number of ether oxygens (including phenoxy) is 1. The Kier molecular flexibility index (Phi) is 3.68. The van der Waals surface area contributed by atoms with E-state index in [2.05, 4.69) is 32.6 Å². The maximum atomic E-state index is 5.57. The molecule has 1 aromatic heterocycles. The summed E-state index contributed by atoms with van der Waals surface area (Å²) >= 11 is 2.23. The molecule has 1 aromatic carbocycles. The first kappa shape index (κ1) is 11.3. The van der Waals surface area contributed by atoms with E-state index in [1.54, 1.807) is 12.4 Å². The number of nitrogens with two attached hydrogens (primary N) is 1. The van der Waals surface area contributed by atoms with E-state index in [9.17, 15) is 0 Å². The van der Waals surface area contributed by atoms with Crippen molar-refractivity contribution >= 4 is 22.6 Å². The summed E-state index contributed by atoms with van der Waals surface area (Å²) in [6.07, 6.45) is 3.20. The molecule has 4 nitrogen and oxygen atoms in total. The molecule has 2 rings (SSSR count). The molecular weight excluding hydrogens is 317 g/mol. The molecule has 0 spiro atoms. The van der Waals surface area contributed by atoms with Crippen LogP contribution in [0.4, 0.5) is 0 Å².